The monoisotopic (exact) mass is 408 g/mol. The summed E-state index contributed by atoms with van der Waals surface area (Å²) in [5.41, 5.74) is 1.67. The molecule has 0 aliphatic carbocycles. The third kappa shape index (κ3) is 3.56. The van der Waals surface area contributed by atoms with Crippen LogP contribution >= 0.6 is 0 Å². The van der Waals surface area contributed by atoms with Crippen molar-refractivity contribution in [1.82, 2.24) is 4.90 Å². The number of carbonyl (C=O) groups is 2. The van der Waals surface area contributed by atoms with Gasteiger partial charge in [0, 0.05) is 13.0 Å². The first kappa shape index (κ1) is 18.8. The van der Waals surface area contributed by atoms with Crippen molar-refractivity contribution in [3.63, 3.8) is 0 Å². The molecule has 0 aromatic heterocycles. The third-order valence-electron chi connectivity index (χ3n) is 5.80. The van der Waals surface area contributed by atoms with Crippen LogP contribution in [0.15, 0.2) is 42.5 Å². The summed E-state index contributed by atoms with van der Waals surface area (Å²) in [6, 6.07) is 13.1. The van der Waals surface area contributed by atoms with E-state index < -0.39 is 6.10 Å². The van der Waals surface area contributed by atoms with Gasteiger partial charge in [-0.3, -0.25) is 9.59 Å². The Morgan fingerprint density at radius 3 is 2.77 bits per heavy atom. The lowest BCUT2D eigenvalue weighted by molar-refractivity contribution is -0.137. The van der Waals surface area contributed by atoms with Crippen LogP contribution in [0.4, 0.5) is 5.69 Å². The van der Waals surface area contributed by atoms with Gasteiger partial charge in [0.1, 0.15) is 5.75 Å². The molecule has 0 radical (unpaired) electrons. The average molecular weight is 408 g/mol. The van der Waals surface area contributed by atoms with E-state index in [9.17, 15) is 9.59 Å². The van der Waals surface area contributed by atoms with Crippen molar-refractivity contribution in [3.8, 4) is 17.2 Å². The molecule has 5 rings (SSSR count). The molecular formula is C23H24N2O5. The molecule has 2 atom stereocenters. The summed E-state index contributed by atoms with van der Waals surface area (Å²) in [5, 5.41) is 2.82. The Morgan fingerprint density at radius 2 is 1.87 bits per heavy atom. The van der Waals surface area contributed by atoms with Gasteiger partial charge in [-0.05, 0) is 42.7 Å². The smallest absolute Gasteiger partial charge is 0.266 e. The Labute approximate surface area is 174 Å². The molecule has 156 valence electrons. The normalized spacial score (nSPS) is 22.5. The average Bonchev–Trinajstić information content (AvgIpc) is 3.13. The zero-order valence-electron chi connectivity index (χ0n) is 16.6. The number of nitrogens with zero attached hydrogens (tertiary/aromatic N) is 1. The Hall–Kier alpha value is -3.22. The van der Waals surface area contributed by atoms with Gasteiger partial charge in [0.2, 0.25) is 5.91 Å². The van der Waals surface area contributed by atoms with Gasteiger partial charge in [-0.1, -0.05) is 18.2 Å². The second-order valence-electron chi connectivity index (χ2n) is 7.80. The molecule has 0 saturated carbocycles. The Bertz CT molecular complexity index is 976. The minimum atomic E-state index is -0.822. The number of carbonyl (C=O) groups excluding carboxylic acids is 2. The minimum absolute atomic E-state index is 0.0151. The van der Waals surface area contributed by atoms with Crippen LogP contribution in [0, 0.1) is 0 Å². The maximum Gasteiger partial charge on any atom is 0.266 e. The Morgan fingerprint density at radius 1 is 1.03 bits per heavy atom. The number of likely N-dealkylation sites (tertiary alicyclic amines) is 1. The van der Waals surface area contributed by atoms with E-state index >= 15 is 0 Å². The van der Waals surface area contributed by atoms with Crippen LogP contribution in [0.3, 0.4) is 0 Å². The summed E-state index contributed by atoms with van der Waals surface area (Å²) in [7, 11) is 0. The van der Waals surface area contributed by atoms with E-state index in [1.807, 2.05) is 35.2 Å². The van der Waals surface area contributed by atoms with Crippen molar-refractivity contribution in [2.75, 3.05) is 25.1 Å². The molecule has 1 fully saturated rings. The number of fused-ring (bicyclic) bond motifs is 2. The van der Waals surface area contributed by atoms with Gasteiger partial charge < -0.3 is 24.4 Å². The van der Waals surface area contributed by atoms with Crippen molar-refractivity contribution in [1.29, 1.82) is 0 Å². The van der Waals surface area contributed by atoms with Gasteiger partial charge in [-0.2, -0.15) is 0 Å². The van der Waals surface area contributed by atoms with E-state index in [1.165, 1.54) is 0 Å². The van der Waals surface area contributed by atoms with Gasteiger partial charge in [0.25, 0.3) is 5.91 Å². The number of benzene rings is 2. The van der Waals surface area contributed by atoms with Gasteiger partial charge in [-0.25, -0.2) is 0 Å². The number of hydrogen-bond donors (Lipinski definition) is 1. The van der Waals surface area contributed by atoms with Crippen LogP contribution in [-0.4, -0.2) is 42.6 Å². The second kappa shape index (κ2) is 7.89. The van der Waals surface area contributed by atoms with Crippen molar-refractivity contribution < 1.29 is 23.8 Å². The quantitative estimate of drug-likeness (QED) is 0.843. The first-order chi connectivity index (χ1) is 14.7. The number of rotatable bonds is 3. The molecule has 0 unspecified atom stereocenters. The molecule has 1 N–H and O–H groups in total. The topological polar surface area (TPSA) is 77.1 Å². The fourth-order valence-corrected chi connectivity index (χ4v) is 4.30. The molecule has 0 bridgehead atoms. The molecule has 0 spiro atoms. The summed E-state index contributed by atoms with van der Waals surface area (Å²) in [6.45, 7) is 1.94. The second-order valence-corrected chi connectivity index (χ2v) is 7.80. The summed E-state index contributed by atoms with van der Waals surface area (Å²) in [5.74, 6) is 1.71. The molecule has 3 aliphatic rings. The van der Waals surface area contributed by atoms with Crippen molar-refractivity contribution >= 4 is 17.5 Å². The van der Waals surface area contributed by atoms with Crippen molar-refractivity contribution in [3.05, 3.63) is 48.0 Å². The number of ether oxygens (including phenoxy) is 3. The summed E-state index contributed by atoms with van der Waals surface area (Å²) >= 11 is 0. The van der Waals surface area contributed by atoms with Crippen molar-refractivity contribution in [2.24, 2.45) is 0 Å². The maximum atomic E-state index is 13.1. The molecule has 2 aromatic carbocycles. The molecule has 2 amide bonds. The van der Waals surface area contributed by atoms with Crippen LogP contribution < -0.4 is 19.5 Å². The summed E-state index contributed by atoms with van der Waals surface area (Å²) in [6.07, 6.45) is 1.85. The van der Waals surface area contributed by atoms with E-state index in [0.29, 0.717) is 31.2 Å². The highest BCUT2D eigenvalue weighted by molar-refractivity contribution is 6.00. The van der Waals surface area contributed by atoms with E-state index in [1.54, 1.807) is 12.1 Å². The molecule has 7 nitrogen and oxygen atoms in total. The van der Waals surface area contributed by atoms with Gasteiger partial charge in [0.15, 0.2) is 17.6 Å². The minimum Gasteiger partial charge on any atom is -0.490 e. The third-order valence-corrected chi connectivity index (χ3v) is 5.80. The molecule has 3 heterocycles. The highest BCUT2D eigenvalue weighted by atomic mass is 16.5. The Kier molecular flexibility index (Phi) is 4.94. The van der Waals surface area contributed by atoms with Crippen LogP contribution in [0.2, 0.25) is 0 Å². The Balaban J connectivity index is 1.31. The fraction of sp³-hybridized carbons (Fsp3) is 0.391. The van der Waals surface area contributed by atoms with Crippen LogP contribution in [0.1, 0.15) is 37.3 Å². The summed E-state index contributed by atoms with van der Waals surface area (Å²) in [4.78, 5) is 27.4. The highest BCUT2D eigenvalue weighted by Crippen LogP contribution is 2.38. The SMILES string of the molecule is O=C1Nc2ccccc2O[C@@H]1CC(=O)N1CCC[C@H]1c1ccc2c(c1)OCCCO2. The zero-order chi connectivity index (χ0) is 20.5. The molecule has 7 heteroatoms. The molecule has 3 aliphatic heterocycles. The standard InChI is InChI=1S/C23H24N2O5/c26-22(14-21-23(27)24-16-5-1-2-7-18(16)30-21)25-10-3-6-17(25)15-8-9-19-20(13-15)29-12-4-11-28-19/h1-2,5,7-9,13,17,21H,3-4,6,10-12,14H2,(H,24,27)/t17-,21+/m0/s1. The lowest BCUT2D eigenvalue weighted by Crippen LogP contribution is -2.42. The molecule has 30 heavy (non-hydrogen) atoms. The number of para-hydroxylation sites is 2. The van der Waals surface area contributed by atoms with E-state index in [2.05, 4.69) is 5.32 Å². The predicted octanol–water partition coefficient (Wildman–Crippen LogP) is 3.30. The van der Waals surface area contributed by atoms with Gasteiger partial charge >= 0.3 is 0 Å². The van der Waals surface area contributed by atoms with Crippen LogP contribution in [0.25, 0.3) is 0 Å². The lowest BCUT2D eigenvalue weighted by Gasteiger charge is -2.29. The first-order valence-electron chi connectivity index (χ1n) is 10.4. The molecule has 1 saturated heterocycles. The van der Waals surface area contributed by atoms with Gasteiger partial charge in [-0.15, -0.1) is 0 Å². The van der Waals surface area contributed by atoms with Gasteiger partial charge in [0.05, 0.1) is 31.4 Å². The zero-order valence-corrected chi connectivity index (χ0v) is 16.6. The number of anilines is 1. The predicted molar refractivity (Wildman–Crippen MR) is 110 cm³/mol. The van der Waals surface area contributed by atoms with Crippen LogP contribution in [-0.2, 0) is 9.59 Å². The van der Waals surface area contributed by atoms with Crippen molar-refractivity contribution in [2.45, 2.75) is 37.8 Å². The van der Waals surface area contributed by atoms with E-state index in [4.69, 9.17) is 14.2 Å². The summed E-state index contributed by atoms with van der Waals surface area (Å²) < 4.78 is 17.3. The van der Waals surface area contributed by atoms with E-state index in [0.717, 1.165) is 36.3 Å². The fourth-order valence-electron chi connectivity index (χ4n) is 4.30. The largest absolute Gasteiger partial charge is 0.490 e. The highest BCUT2D eigenvalue weighted by Gasteiger charge is 2.35. The number of nitrogens with one attached hydrogen (secondary N) is 1. The van der Waals surface area contributed by atoms with Crippen LogP contribution in [0.5, 0.6) is 17.2 Å². The van der Waals surface area contributed by atoms with E-state index in [-0.39, 0.29) is 24.3 Å². The molecular weight excluding hydrogens is 384 g/mol. The number of amides is 2. The first-order valence-corrected chi connectivity index (χ1v) is 10.4. The number of hydrogen-bond acceptors (Lipinski definition) is 5. The molecule has 2 aromatic rings. The lowest BCUT2D eigenvalue weighted by atomic mass is 10.0. The maximum absolute atomic E-state index is 13.1.